The van der Waals surface area contributed by atoms with Crippen molar-refractivity contribution >= 4 is 0 Å². The summed E-state index contributed by atoms with van der Waals surface area (Å²) in [6.45, 7) is 2.01. The highest BCUT2D eigenvalue weighted by atomic mass is 19.4. The van der Waals surface area contributed by atoms with Crippen LogP contribution >= 0.6 is 0 Å². The molecule has 1 aromatic rings. The van der Waals surface area contributed by atoms with Crippen LogP contribution in [0.1, 0.15) is 18.9 Å². The smallest absolute Gasteiger partial charge is 0.306 e. The molecular formula is C12H16F3N. The highest BCUT2D eigenvalue weighted by Gasteiger charge is 2.38. The topological polar surface area (TPSA) is 12.0 Å². The Kier molecular flexibility index (Phi) is 4.80. The molecule has 0 spiro atoms. The Balaban J connectivity index is 2.51. The molecule has 0 amide bonds. The Bertz CT molecular complexity index is 295. The third-order valence-electron chi connectivity index (χ3n) is 2.41. The lowest BCUT2D eigenvalue weighted by atomic mass is 10.1. The van der Waals surface area contributed by atoms with Crippen LogP contribution in [0.5, 0.6) is 0 Å². The second kappa shape index (κ2) is 5.89. The van der Waals surface area contributed by atoms with Gasteiger partial charge < -0.3 is 5.32 Å². The summed E-state index contributed by atoms with van der Waals surface area (Å²) in [7, 11) is 0. The molecule has 0 aliphatic heterocycles. The molecule has 1 unspecified atom stereocenters. The Morgan fingerprint density at radius 2 is 1.81 bits per heavy atom. The predicted octanol–water partition coefficient (Wildman–Crippen LogP) is 3.16. The molecule has 0 fully saturated rings. The summed E-state index contributed by atoms with van der Waals surface area (Å²) in [6, 6.07) is 7.82. The first-order valence-corrected chi connectivity index (χ1v) is 5.38. The number of nitrogens with one attached hydrogen (secondary N) is 1. The third-order valence-corrected chi connectivity index (χ3v) is 2.41. The summed E-state index contributed by atoms with van der Waals surface area (Å²) in [5, 5.41) is 2.47. The number of benzene rings is 1. The van der Waals surface area contributed by atoms with Crippen molar-refractivity contribution in [3.63, 3.8) is 0 Å². The van der Waals surface area contributed by atoms with Crippen LogP contribution in [-0.2, 0) is 6.42 Å². The van der Waals surface area contributed by atoms with E-state index in [1.54, 1.807) is 6.92 Å². The van der Waals surface area contributed by atoms with Gasteiger partial charge in [0.15, 0.2) is 0 Å². The van der Waals surface area contributed by atoms with Gasteiger partial charge in [-0.25, -0.2) is 0 Å². The van der Waals surface area contributed by atoms with Gasteiger partial charge in [0.05, 0.1) is 0 Å². The first-order chi connectivity index (χ1) is 7.54. The lowest BCUT2D eigenvalue weighted by Gasteiger charge is -2.20. The molecule has 0 saturated heterocycles. The van der Waals surface area contributed by atoms with E-state index in [-0.39, 0.29) is 6.42 Å². The van der Waals surface area contributed by atoms with E-state index in [0.717, 1.165) is 5.56 Å². The first kappa shape index (κ1) is 13.0. The van der Waals surface area contributed by atoms with Gasteiger partial charge in [-0.1, -0.05) is 37.3 Å². The molecule has 0 aromatic heterocycles. The van der Waals surface area contributed by atoms with E-state index in [2.05, 4.69) is 5.32 Å². The van der Waals surface area contributed by atoms with Crippen LogP contribution in [0.15, 0.2) is 30.3 Å². The largest absolute Gasteiger partial charge is 0.403 e. The van der Waals surface area contributed by atoms with Crippen LogP contribution in [0.3, 0.4) is 0 Å². The molecule has 0 aliphatic rings. The zero-order valence-electron chi connectivity index (χ0n) is 9.22. The summed E-state index contributed by atoms with van der Waals surface area (Å²) in [6.07, 6.45) is -3.63. The van der Waals surface area contributed by atoms with Crippen molar-refractivity contribution in [3.05, 3.63) is 35.9 Å². The van der Waals surface area contributed by atoms with Gasteiger partial charge in [-0.3, -0.25) is 0 Å². The quantitative estimate of drug-likeness (QED) is 0.820. The number of aryl methyl sites for hydroxylation is 1. The second-order valence-corrected chi connectivity index (χ2v) is 3.68. The minimum Gasteiger partial charge on any atom is -0.306 e. The van der Waals surface area contributed by atoms with Crippen LogP contribution in [0, 0.1) is 0 Å². The molecule has 0 radical (unpaired) electrons. The number of alkyl halides is 3. The van der Waals surface area contributed by atoms with Crippen LogP contribution in [-0.4, -0.2) is 18.8 Å². The fourth-order valence-corrected chi connectivity index (χ4v) is 1.58. The number of hydrogen-bond donors (Lipinski definition) is 1. The Hall–Kier alpha value is -1.03. The lowest BCUT2D eigenvalue weighted by molar-refractivity contribution is -0.156. The molecule has 1 N–H and O–H groups in total. The molecule has 4 heteroatoms. The maximum absolute atomic E-state index is 12.5. The van der Waals surface area contributed by atoms with E-state index in [1.165, 1.54) is 0 Å². The van der Waals surface area contributed by atoms with Gasteiger partial charge in [-0.15, -0.1) is 0 Å². The minimum atomic E-state index is -4.16. The second-order valence-electron chi connectivity index (χ2n) is 3.68. The minimum absolute atomic E-state index is 0.0847. The molecule has 0 saturated carbocycles. The van der Waals surface area contributed by atoms with Crippen molar-refractivity contribution in [1.82, 2.24) is 5.32 Å². The van der Waals surface area contributed by atoms with Crippen molar-refractivity contribution in [2.45, 2.75) is 32.0 Å². The van der Waals surface area contributed by atoms with E-state index in [1.807, 2.05) is 30.3 Å². The van der Waals surface area contributed by atoms with Gasteiger partial charge in [0, 0.05) is 0 Å². The maximum Gasteiger partial charge on any atom is 0.403 e. The Morgan fingerprint density at radius 1 is 1.19 bits per heavy atom. The van der Waals surface area contributed by atoms with Gasteiger partial charge in [-0.2, -0.15) is 13.2 Å². The molecule has 1 nitrogen and oxygen atoms in total. The normalized spacial score (nSPS) is 13.8. The van der Waals surface area contributed by atoms with Crippen molar-refractivity contribution in [3.8, 4) is 0 Å². The molecule has 0 heterocycles. The summed E-state index contributed by atoms with van der Waals surface area (Å²) >= 11 is 0. The molecule has 0 bridgehead atoms. The van der Waals surface area contributed by atoms with Crippen LogP contribution < -0.4 is 5.32 Å². The lowest BCUT2D eigenvalue weighted by Crippen LogP contribution is -2.42. The molecule has 90 valence electrons. The summed E-state index contributed by atoms with van der Waals surface area (Å²) < 4.78 is 37.6. The van der Waals surface area contributed by atoms with Crippen LogP contribution in [0.25, 0.3) is 0 Å². The first-order valence-electron chi connectivity index (χ1n) is 5.38. The van der Waals surface area contributed by atoms with Gasteiger partial charge in [-0.05, 0) is 24.9 Å². The molecule has 1 aromatic carbocycles. The van der Waals surface area contributed by atoms with E-state index < -0.39 is 12.2 Å². The summed E-state index contributed by atoms with van der Waals surface area (Å²) in [5.74, 6) is 0. The fourth-order valence-electron chi connectivity index (χ4n) is 1.58. The summed E-state index contributed by atoms with van der Waals surface area (Å²) in [5.41, 5.74) is 0.939. The Morgan fingerprint density at radius 3 is 2.31 bits per heavy atom. The van der Waals surface area contributed by atoms with Gasteiger partial charge in [0.1, 0.15) is 6.04 Å². The molecule has 0 aliphatic carbocycles. The number of rotatable bonds is 5. The average Bonchev–Trinajstić information content (AvgIpc) is 2.24. The number of halogens is 3. The third kappa shape index (κ3) is 4.23. The summed E-state index contributed by atoms with van der Waals surface area (Å²) in [4.78, 5) is 0. The Labute approximate surface area is 93.7 Å². The van der Waals surface area contributed by atoms with Gasteiger partial charge >= 0.3 is 6.18 Å². The number of hydrogen-bond acceptors (Lipinski definition) is 1. The van der Waals surface area contributed by atoms with Crippen molar-refractivity contribution in [2.24, 2.45) is 0 Å². The molecule has 1 rings (SSSR count). The van der Waals surface area contributed by atoms with Gasteiger partial charge in [0.25, 0.3) is 0 Å². The van der Waals surface area contributed by atoms with E-state index in [4.69, 9.17) is 0 Å². The van der Waals surface area contributed by atoms with E-state index >= 15 is 0 Å². The predicted molar refractivity (Wildman–Crippen MR) is 58.3 cm³/mol. The highest BCUT2D eigenvalue weighted by Crippen LogP contribution is 2.23. The van der Waals surface area contributed by atoms with E-state index in [9.17, 15) is 13.2 Å². The molecule has 16 heavy (non-hydrogen) atoms. The van der Waals surface area contributed by atoms with Crippen molar-refractivity contribution < 1.29 is 13.2 Å². The zero-order valence-corrected chi connectivity index (χ0v) is 9.22. The zero-order chi connectivity index (χ0) is 12.0. The van der Waals surface area contributed by atoms with Crippen LogP contribution in [0.2, 0.25) is 0 Å². The van der Waals surface area contributed by atoms with Gasteiger partial charge in [0.2, 0.25) is 0 Å². The SMILES string of the molecule is CCNC(CCc1ccccc1)C(F)(F)F. The average molecular weight is 231 g/mol. The highest BCUT2D eigenvalue weighted by molar-refractivity contribution is 5.14. The standard InChI is InChI=1S/C12H16F3N/c1-2-16-11(12(13,14)15)9-8-10-6-4-3-5-7-10/h3-7,11,16H,2,8-9H2,1H3. The fraction of sp³-hybridized carbons (Fsp3) is 0.500. The monoisotopic (exact) mass is 231 g/mol. The molecule has 1 atom stereocenters. The van der Waals surface area contributed by atoms with Crippen molar-refractivity contribution in [1.29, 1.82) is 0 Å². The van der Waals surface area contributed by atoms with Crippen molar-refractivity contribution in [2.75, 3.05) is 6.54 Å². The van der Waals surface area contributed by atoms with Crippen LogP contribution in [0.4, 0.5) is 13.2 Å². The molecular weight excluding hydrogens is 215 g/mol. The maximum atomic E-state index is 12.5. The van der Waals surface area contributed by atoms with E-state index in [0.29, 0.717) is 13.0 Å².